The fraction of sp³-hybridized carbons (Fsp3) is 0.250. The first kappa shape index (κ1) is 34.6. The van der Waals surface area contributed by atoms with Crippen molar-refractivity contribution in [2.75, 3.05) is 0 Å². The van der Waals surface area contributed by atoms with Gasteiger partial charge in [-0.3, -0.25) is 0 Å². The monoisotopic (exact) mass is 628 g/mol. The van der Waals surface area contributed by atoms with Crippen molar-refractivity contribution in [2.45, 2.75) is 81.1 Å². The molecular weight excluding hydrogens is 577 g/mol. The maximum atomic E-state index is 2.30. The maximum absolute atomic E-state index is 2.30. The van der Waals surface area contributed by atoms with E-state index >= 15 is 0 Å². The second-order valence-electron chi connectivity index (χ2n) is 14.0. The van der Waals surface area contributed by atoms with E-state index in [9.17, 15) is 0 Å². The van der Waals surface area contributed by atoms with Crippen LogP contribution in [0.4, 0.5) is 0 Å². The van der Waals surface area contributed by atoms with Crippen molar-refractivity contribution in [1.82, 2.24) is 0 Å². The molecule has 0 N–H and O–H groups in total. The van der Waals surface area contributed by atoms with Crippen LogP contribution in [0.1, 0.15) is 89.0 Å². The summed E-state index contributed by atoms with van der Waals surface area (Å²) >= 11 is 0. The second-order valence-corrected chi connectivity index (χ2v) is 14.0. The molecule has 6 aromatic carbocycles. The van der Waals surface area contributed by atoms with Crippen LogP contribution in [-0.2, 0) is 25.7 Å². The van der Waals surface area contributed by atoms with Gasteiger partial charge in [-0.1, -0.05) is 121 Å². The molecule has 0 saturated carbocycles. The van der Waals surface area contributed by atoms with Crippen molar-refractivity contribution in [3.8, 4) is 0 Å². The molecular formula is C48H52. The molecule has 244 valence electrons. The van der Waals surface area contributed by atoms with Gasteiger partial charge < -0.3 is 0 Å². The van der Waals surface area contributed by atoms with E-state index in [-0.39, 0.29) is 0 Å². The van der Waals surface area contributed by atoms with Crippen LogP contribution in [0.25, 0.3) is 0 Å². The fourth-order valence-corrected chi connectivity index (χ4v) is 6.22. The molecule has 0 radical (unpaired) electrons. The lowest BCUT2D eigenvalue weighted by atomic mass is 9.95. The van der Waals surface area contributed by atoms with Gasteiger partial charge in [0.25, 0.3) is 0 Å². The van der Waals surface area contributed by atoms with Crippen LogP contribution < -0.4 is 0 Å². The second kappa shape index (κ2) is 15.9. The molecule has 6 rings (SSSR count). The van der Waals surface area contributed by atoms with Crippen LogP contribution in [0.5, 0.6) is 0 Å². The van der Waals surface area contributed by atoms with E-state index in [1.165, 1.54) is 89.0 Å². The Morgan fingerprint density at radius 1 is 0.271 bits per heavy atom. The topological polar surface area (TPSA) is 0 Å². The van der Waals surface area contributed by atoms with Gasteiger partial charge in [-0.2, -0.15) is 0 Å². The minimum atomic E-state index is 1.00. The Morgan fingerprint density at radius 2 is 0.583 bits per heavy atom. The SMILES string of the molecule is Cc1ccc(Cc2ccc(Cc3ccc(C)c(C)c3)cc2)cc1C.Cc1ccc(Cc2ccc(Cc3cccc(C)c3C)cc2)cc1C. The van der Waals surface area contributed by atoms with E-state index in [2.05, 4.69) is 177 Å². The molecule has 0 spiro atoms. The van der Waals surface area contributed by atoms with E-state index in [0.717, 1.165) is 25.7 Å². The van der Waals surface area contributed by atoms with Crippen molar-refractivity contribution in [3.05, 3.63) is 210 Å². The summed E-state index contributed by atoms with van der Waals surface area (Å²) in [6, 6.07) is 45.1. The molecule has 0 nitrogen and oxygen atoms in total. The predicted octanol–water partition coefficient (Wildman–Crippen LogP) is 12.2. The molecule has 0 amide bonds. The van der Waals surface area contributed by atoms with Gasteiger partial charge in [0.15, 0.2) is 0 Å². The Bertz CT molecular complexity index is 1900. The van der Waals surface area contributed by atoms with Crippen molar-refractivity contribution in [1.29, 1.82) is 0 Å². The van der Waals surface area contributed by atoms with Crippen LogP contribution in [-0.4, -0.2) is 0 Å². The highest BCUT2D eigenvalue weighted by molar-refractivity contribution is 5.40. The Labute approximate surface area is 290 Å². The Balaban J connectivity index is 0.000000188. The maximum Gasteiger partial charge on any atom is -0.00230 e. The van der Waals surface area contributed by atoms with Gasteiger partial charge in [0.05, 0.1) is 0 Å². The van der Waals surface area contributed by atoms with E-state index < -0.39 is 0 Å². The molecule has 0 aliphatic heterocycles. The minimum Gasteiger partial charge on any atom is -0.0617 e. The third-order valence-electron chi connectivity index (χ3n) is 10.1. The van der Waals surface area contributed by atoms with Crippen molar-refractivity contribution < 1.29 is 0 Å². The zero-order valence-electron chi connectivity index (χ0n) is 30.4. The third kappa shape index (κ3) is 9.45. The van der Waals surface area contributed by atoms with Crippen LogP contribution in [0.2, 0.25) is 0 Å². The Morgan fingerprint density at radius 3 is 0.917 bits per heavy atom. The minimum absolute atomic E-state index is 1.00. The average molecular weight is 629 g/mol. The molecule has 0 fully saturated rings. The first-order valence-corrected chi connectivity index (χ1v) is 17.4. The van der Waals surface area contributed by atoms with Gasteiger partial charge >= 0.3 is 0 Å². The molecule has 0 unspecified atom stereocenters. The van der Waals surface area contributed by atoms with Crippen LogP contribution in [0.15, 0.2) is 121 Å². The predicted molar refractivity (Wildman–Crippen MR) is 208 cm³/mol. The van der Waals surface area contributed by atoms with Gasteiger partial charge in [0, 0.05) is 0 Å². The van der Waals surface area contributed by atoms with Gasteiger partial charge in [-0.15, -0.1) is 0 Å². The molecule has 0 saturated heterocycles. The standard InChI is InChI=1S/2C24H26/c1-17-5-7-23(13-19(17)3)15-21-9-11-22(12-10-21)16-24-8-6-18(2)20(4)14-24;1-17-8-9-23(14-19(17)3)15-21-10-12-22(13-11-21)16-24-7-5-6-18(2)20(24)4/h2*5-14H,15-16H2,1-4H3. The lowest BCUT2D eigenvalue weighted by Gasteiger charge is -2.10. The highest BCUT2D eigenvalue weighted by Crippen LogP contribution is 2.20. The zero-order valence-corrected chi connectivity index (χ0v) is 30.4. The summed E-state index contributed by atoms with van der Waals surface area (Å²) in [7, 11) is 0. The fourth-order valence-electron chi connectivity index (χ4n) is 6.22. The zero-order chi connectivity index (χ0) is 34.2. The normalized spacial score (nSPS) is 10.8. The average Bonchev–Trinajstić information content (AvgIpc) is 3.07. The Hall–Kier alpha value is -4.68. The van der Waals surface area contributed by atoms with Gasteiger partial charge in [0.2, 0.25) is 0 Å². The largest absolute Gasteiger partial charge is 0.0617 e. The lowest BCUT2D eigenvalue weighted by Crippen LogP contribution is -1.95. The Kier molecular flexibility index (Phi) is 11.5. The number of aryl methyl sites for hydroxylation is 7. The van der Waals surface area contributed by atoms with Gasteiger partial charge in [-0.05, 0) is 170 Å². The summed E-state index contributed by atoms with van der Waals surface area (Å²) in [4.78, 5) is 0. The molecule has 0 aliphatic rings. The number of rotatable bonds is 8. The van der Waals surface area contributed by atoms with Gasteiger partial charge in [0.1, 0.15) is 0 Å². The molecule has 0 heterocycles. The summed E-state index contributed by atoms with van der Waals surface area (Å²) in [5, 5.41) is 0. The molecule has 6 aromatic rings. The summed E-state index contributed by atoms with van der Waals surface area (Å²) < 4.78 is 0. The van der Waals surface area contributed by atoms with Crippen molar-refractivity contribution >= 4 is 0 Å². The highest BCUT2D eigenvalue weighted by atomic mass is 14.1. The van der Waals surface area contributed by atoms with Crippen LogP contribution >= 0.6 is 0 Å². The van der Waals surface area contributed by atoms with E-state index in [0.29, 0.717) is 0 Å². The van der Waals surface area contributed by atoms with E-state index in [4.69, 9.17) is 0 Å². The van der Waals surface area contributed by atoms with Crippen molar-refractivity contribution in [2.24, 2.45) is 0 Å². The molecule has 0 atom stereocenters. The van der Waals surface area contributed by atoms with E-state index in [1.807, 2.05) is 0 Å². The first-order valence-electron chi connectivity index (χ1n) is 17.4. The number of hydrogen-bond acceptors (Lipinski definition) is 0. The molecule has 0 heteroatoms. The van der Waals surface area contributed by atoms with Crippen LogP contribution in [0.3, 0.4) is 0 Å². The lowest BCUT2D eigenvalue weighted by molar-refractivity contribution is 1.12. The molecule has 0 aliphatic carbocycles. The van der Waals surface area contributed by atoms with Gasteiger partial charge in [-0.25, -0.2) is 0 Å². The third-order valence-corrected chi connectivity index (χ3v) is 10.1. The smallest absolute Gasteiger partial charge is 0.00230 e. The molecule has 0 bridgehead atoms. The number of benzene rings is 6. The molecule has 48 heavy (non-hydrogen) atoms. The quantitative estimate of drug-likeness (QED) is 0.157. The van der Waals surface area contributed by atoms with Crippen molar-refractivity contribution in [3.63, 3.8) is 0 Å². The summed E-state index contributed by atoms with van der Waals surface area (Å²) in [6.45, 7) is 17.5. The summed E-state index contributed by atoms with van der Waals surface area (Å²) in [6.07, 6.45) is 4.03. The highest BCUT2D eigenvalue weighted by Gasteiger charge is 2.05. The number of hydrogen-bond donors (Lipinski definition) is 0. The summed E-state index contributed by atoms with van der Waals surface area (Å²) in [5.41, 5.74) is 22.1. The molecule has 0 aromatic heterocycles. The van der Waals surface area contributed by atoms with E-state index in [1.54, 1.807) is 0 Å². The first-order chi connectivity index (χ1) is 23.0. The van der Waals surface area contributed by atoms with Crippen LogP contribution in [0, 0.1) is 55.4 Å². The summed E-state index contributed by atoms with van der Waals surface area (Å²) in [5.74, 6) is 0.